The zero-order valence-corrected chi connectivity index (χ0v) is 18.8. The van der Waals surface area contributed by atoms with Crippen LogP contribution in [0.15, 0.2) is 30.3 Å². The fraction of sp³-hybridized carbons (Fsp3) is 0.458. The number of Topliss-reactive ketones (excluding diaryl/α,β-unsaturated/α-hetero) is 1. The molecule has 0 aliphatic rings. The van der Waals surface area contributed by atoms with E-state index in [1.165, 1.54) is 0 Å². The third-order valence-corrected chi connectivity index (χ3v) is 5.06. The van der Waals surface area contributed by atoms with Crippen LogP contribution in [0.25, 0.3) is 0 Å². The van der Waals surface area contributed by atoms with Gasteiger partial charge >= 0.3 is 5.97 Å². The summed E-state index contributed by atoms with van der Waals surface area (Å²) in [5, 5.41) is 0. The molecule has 2 aromatic rings. The third kappa shape index (κ3) is 4.99. The van der Waals surface area contributed by atoms with Crippen molar-refractivity contribution < 1.29 is 19.1 Å². The van der Waals surface area contributed by atoms with Gasteiger partial charge in [-0.1, -0.05) is 32.0 Å². The Morgan fingerprint density at radius 2 is 1.70 bits per heavy atom. The molecule has 30 heavy (non-hydrogen) atoms. The Balaban J connectivity index is 2.40. The van der Waals surface area contributed by atoms with E-state index in [0.29, 0.717) is 35.5 Å². The number of hydrogen-bond donors (Lipinski definition) is 0. The average Bonchev–Trinajstić information content (AvgIpc) is 2.96. The lowest BCUT2D eigenvalue weighted by Crippen LogP contribution is -2.38. The van der Waals surface area contributed by atoms with Crippen molar-refractivity contribution in [2.45, 2.75) is 48.1 Å². The minimum Gasteiger partial charge on any atom is -0.461 e. The Morgan fingerprint density at radius 3 is 2.23 bits per heavy atom. The van der Waals surface area contributed by atoms with Gasteiger partial charge in [0.2, 0.25) is 0 Å². The maximum Gasteiger partial charge on any atom is 0.355 e. The van der Waals surface area contributed by atoms with Crippen molar-refractivity contribution in [1.82, 2.24) is 9.47 Å². The SMILES string of the molecule is CCOC(=O)c1c(C)c(C(=O)CN(CC(C)C)C(=O)c2ccccc2)c(C)n1CC. The first-order valence-electron chi connectivity index (χ1n) is 10.5. The summed E-state index contributed by atoms with van der Waals surface area (Å²) >= 11 is 0. The highest BCUT2D eigenvalue weighted by Crippen LogP contribution is 2.24. The van der Waals surface area contributed by atoms with Crippen LogP contribution in [-0.2, 0) is 11.3 Å². The Bertz CT molecular complexity index is 913. The number of ketones is 1. The lowest BCUT2D eigenvalue weighted by Gasteiger charge is -2.24. The Hall–Kier alpha value is -2.89. The molecular formula is C24H32N2O4. The number of benzene rings is 1. The Morgan fingerprint density at radius 1 is 1.07 bits per heavy atom. The van der Waals surface area contributed by atoms with E-state index < -0.39 is 5.97 Å². The van der Waals surface area contributed by atoms with Crippen LogP contribution in [0, 0.1) is 19.8 Å². The molecule has 2 rings (SSSR count). The number of carbonyl (C=O) groups is 3. The second-order valence-corrected chi connectivity index (χ2v) is 7.77. The summed E-state index contributed by atoms with van der Waals surface area (Å²) in [5.74, 6) is -0.567. The topological polar surface area (TPSA) is 68.6 Å². The molecule has 0 aliphatic carbocycles. The van der Waals surface area contributed by atoms with Crippen molar-refractivity contribution >= 4 is 17.7 Å². The molecule has 0 fully saturated rings. The van der Waals surface area contributed by atoms with Gasteiger partial charge in [0.25, 0.3) is 5.91 Å². The van der Waals surface area contributed by atoms with Gasteiger partial charge in [0.15, 0.2) is 5.78 Å². The summed E-state index contributed by atoms with van der Waals surface area (Å²) in [5.41, 5.74) is 2.78. The largest absolute Gasteiger partial charge is 0.461 e. The van der Waals surface area contributed by atoms with Crippen molar-refractivity contribution in [3.05, 3.63) is 58.4 Å². The van der Waals surface area contributed by atoms with Gasteiger partial charge in [0, 0.05) is 29.9 Å². The summed E-state index contributed by atoms with van der Waals surface area (Å²) in [4.78, 5) is 40.4. The lowest BCUT2D eigenvalue weighted by atomic mass is 10.0. The fourth-order valence-electron chi connectivity index (χ4n) is 3.84. The number of nitrogens with zero attached hydrogens (tertiary/aromatic N) is 2. The number of ether oxygens (including phenoxy) is 1. The fourth-order valence-corrected chi connectivity index (χ4v) is 3.84. The molecule has 6 heteroatoms. The number of rotatable bonds is 9. The maximum atomic E-state index is 13.3. The zero-order valence-electron chi connectivity index (χ0n) is 18.8. The Labute approximate surface area is 178 Å². The van der Waals surface area contributed by atoms with E-state index in [4.69, 9.17) is 4.74 Å². The first-order valence-corrected chi connectivity index (χ1v) is 10.5. The van der Waals surface area contributed by atoms with E-state index in [0.717, 1.165) is 5.69 Å². The number of aromatic nitrogens is 1. The van der Waals surface area contributed by atoms with Gasteiger partial charge in [0.1, 0.15) is 5.69 Å². The van der Waals surface area contributed by atoms with Gasteiger partial charge in [-0.3, -0.25) is 9.59 Å². The molecule has 1 aromatic heterocycles. The van der Waals surface area contributed by atoms with Crippen molar-refractivity contribution in [3.8, 4) is 0 Å². The highest BCUT2D eigenvalue weighted by Gasteiger charge is 2.28. The third-order valence-electron chi connectivity index (χ3n) is 5.06. The summed E-state index contributed by atoms with van der Waals surface area (Å²) in [6, 6.07) is 8.98. The van der Waals surface area contributed by atoms with E-state index in [1.54, 1.807) is 30.9 Å². The van der Waals surface area contributed by atoms with Crippen molar-refractivity contribution in [3.63, 3.8) is 0 Å². The molecule has 0 aliphatic heterocycles. The molecule has 0 atom stereocenters. The van der Waals surface area contributed by atoms with Crippen molar-refractivity contribution in [2.24, 2.45) is 5.92 Å². The zero-order chi connectivity index (χ0) is 22.4. The van der Waals surface area contributed by atoms with Crippen LogP contribution in [0.2, 0.25) is 0 Å². The smallest absolute Gasteiger partial charge is 0.355 e. The molecule has 1 aromatic carbocycles. The maximum absolute atomic E-state index is 13.3. The molecule has 1 amide bonds. The second-order valence-electron chi connectivity index (χ2n) is 7.77. The minimum absolute atomic E-state index is 0.0381. The molecule has 0 unspecified atom stereocenters. The van der Waals surface area contributed by atoms with E-state index >= 15 is 0 Å². The molecule has 0 radical (unpaired) electrons. The number of amides is 1. The van der Waals surface area contributed by atoms with Crippen molar-refractivity contribution in [2.75, 3.05) is 19.7 Å². The molecule has 0 spiro atoms. The minimum atomic E-state index is -0.432. The second kappa shape index (κ2) is 10.2. The normalized spacial score (nSPS) is 10.9. The van der Waals surface area contributed by atoms with Crippen LogP contribution < -0.4 is 0 Å². The molecule has 162 valence electrons. The van der Waals surface area contributed by atoms with E-state index in [-0.39, 0.29) is 30.8 Å². The quantitative estimate of drug-likeness (QED) is 0.455. The van der Waals surface area contributed by atoms with Crippen LogP contribution in [0.5, 0.6) is 0 Å². The highest BCUT2D eigenvalue weighted by atomic mass is 16.5. The summed E-state index contributed by atoms with van der Waals surface area (Å²) in [6.07, 6.45) is 0. The summed E-state index contributed by atoms with van der Waals surface area (Å²) < 4.78 is 7.01. The summed E-state index contributed by atoms with van der Waals surface area (Å²) in [7, 11) is 0. The van der Waals surface area contributed by atoms with Crippen LogP contribution >= 0.6 is 0 Å². The van der Waals surface area contributed by atoms with Crippen LogP contribution in [0.1, 0.15) is 70.2 Å². The first-order chi connectivity index (χ1) is 14.2. The van der Waals surface area contributed by atoms with Gasteiger partial charge in [0.05, 0.1) is 13.2 Å². The molecule has 6 nitrogen and oxygen atoms in total. The monoisotopic (exact) mass is 412 g/mol. The average molecular weight is 413 g/mol. The molecular weight excluding hydrogens is 380 g/mol. The standard InChI is InChI=1S/C24H32N2O4/c1-7-26-18(6)21(17(5)22(26)24(29)30-8-2)20(27)15-25(14-16(3)4)23(28)19-12-10-9-11-13-19/h9-13,16H,7-8,14-15H2,1-6H3. The predicted octanol–water partition coefficient (Wildman–Crippen LogP) is 4.28. The molecule has 0 bridgehead atoms. The van der Waals surface area contributed by atoms with Crippen molar-refractivity contribution in [1.29, 1.82) is 0 Å². The van der Waals surface area contributed by atoms with E-state index in [2.05, 4.69) is 0 Å². The molecule has 0 saturated carbocycles. The van der Waals surface area contributed by atoms with Gasteiger partial charge in [-0.05, 0) is 51.3 Å². The van der Waals surface area contributed by atoms with Gasteiger partial charge in [-0.2, -0.15) is 0 Å². The Kier molecular flexibility index (Phi) is 7.98. The first kappa shape index (κ1) is 23.4. The van der Waals surface area contributed by atoms with Crippen LogP contribution in [0.3, 0.4) is 0 Å². The lowest BCUT2D eigenvalue weighted by molar-refractivity contribution is 0.0512. The highest BCUT2D eigenvalue weighted by molar-refractivity contribution is 6.06. The number of carbonyl (C=O) groups excluding carboxylic acids is 3. The molecule has 1 heterocycles. The van der Waals surface area contributed by atoms with Gasteiger partial charge in [-0.25, -0.2) is 4.79 Å². The van der Waals surface area contributed by atoms with Crippen LogP contribution in [0.4, 0.5) is 0 Å². The number of esters is 1. The predicted molar refractivity (Wildman–Crippen MR) is 117 cm³/mol. The summed E-state index contributed by atoms with van der Waals surface area (Å²) in [6.45, 7) is 12.5. The van der Waals surface area contributed by atoms with Gasteiger partial charge < -0.3 is 14.2 Å². The molecule has 0 N–H and O–H groups in total. The van der Waals surface area contributed by atoms with E-state index in [9.17, 15) is 14.4 Å². The molecule has 0 saturated heterocycles. The van der Waals surface area contributed by atoms with Gasteiger partial charge in [-0.15, -0.1) is 0 Å². The van der Waals surface area contributed by atoms with Crippen LogP contribution in [-0.4, -0.2) is 46.8 Å². The van der Waals surface area contributed by atoms with E-state index in [1.807, 2.05) is 50.5 Å². The number of hydrogen-bond acceptors (Lipinski definition) is 4.